The summed E-state index contributed by atoms with van der Waals surface area (Å²) in [5.74, 6) is 0.583. The number of hydrogen-bond donors (Lipinski definition) is 1. The van der Waals surface area contributed by atoms with Gasteiger partial charge in [0.1, 0.15) is 17.2 Å². The highest BCUT2D eigenvalue weighted by Crippen LogP contribution is 2.21. The lowest BCUT2D eigenvalue weighted by molar-refractivity contribution is 0.133. The number of halogens is 1. The number of carbonyl (C=O) groups is 1. The maximum atomic E-state index is 13.4. The molecule has 1 aliphatic rings. The van der Waals surface area contributed by atoms with Crippen LogP contribution in [0.4, 0.5) is 9.18 Å². The third-order valence-electron chi connectivity index (χ3n) is 5.12. The number of amides is 2. The molecule has 1 aliphatic heterocycles. The molecule has 0 radical (unpaired) electrons. The molecule has 1 fully saturated rings. The molecule has 2 amide bonds. The quantitative estimate of drug-likeness (QED) is 0.720. The molecule has 3 heterocycles. The van der Waals surface area contributed by atoms with Crippen molar-refractivity contribution < 1.29 is 9.18 Å². The molecule has 152 valence electrons. The van der Waals surface area contributed by atoms with E-state index in [1.165, 1.54) is 12.1 Å². The second kappa shape index (κ2) is 8.57. The lowest BCUT2D eigenvalue weighted by Gasteiger charge is -2.34. The van der Waals surface area contributed by atoms with Gasteiger partial charge in [-0.25, -0.2) is 19.2 Å². The van der Waals surface area contributed by atoms with Gasteiger partial charge in [0.25, 0.3) is 0 Å². The summed E-state index contributed by atoms with van der Waals surface area (Å²) in [4.78, 5) is 25.5. The van der Waals surface area contributed by atoms with Gasteiger partial charge in [0, 0.05) is 44.6 Å². The molecule has 2 aromatic heterocycles. The summed E-state index contributed by atoms with van der Waals surface area (Å²) in [6, 6.07) is 10.2. The number of rotatable bonds is 5. The SMILES string of the molecule is CCCNC(=O)N1CCN(Cc2nc3cccnc3n2-c2ccc(F)cc2)CC1. The summed E-state index contributed by atoms with van der Waals surface area (Å²) in [5.41, 5.74) is 2.40. The van der Waals surface area contributed by atoms with Gasteiger partial charge in [-0.1, -0.05) is 6.92 Å². The summed E-state index contributed by atoms with van der Waals surface area (Å²) in [7, 11) is 0. The van der Waals surface area contributed by atoms with E-state index < -0.39 is 0 Å². The summed E-state index contributed by atoms with van der Waals surface area (Å²) in [6.45, 7) is 6.31. The molecule has 1 saturated heterocycles. The largest absolute Gasteiger partial charge is 0.338 e. The second-order valence-electron chi connectivity index (χ2n) is 7.18. The first-order chi connectivity index (χ1) is 14.2. The zero-order valence-electron chi connectivity index (χ0n) is 16.5. The van der Waals surface area contributed by atoms with E-state index in [1.54, 1.807) is 18.3 Å². The summed E-state index contributed by atoms with van der Waals surface area (Å²) in [5, 5.41) is 2.93. The number of piperazine rings is 1. The van der Waals surface area contributed by atoms with Gasteiger partial charge in [-0.2, -0.15) is 0 Å². The Kier molecular flexibility index (Phi) is 5.71. The third-order valence-corrected chi connectivity index (χ3v) is 5.12. The van der Waals surface area contributed by atoms with E-state index in [-0.39, 0.29) is 11.8 Å². The number of nitrogens with zero attached hydrogens (tertiary/aromatic N) is 5. The van der Waals surface area contributed by atoms with E-state index in [2.05, 4.69) is 15.2 Å². The maximum absolute atomic E-state index is 13.4. The Morgan fingerprint density at radius 1 is 1.14 bits per heavy atom. The van der Waals surface area contributed by atoms with Crippen LogP contribution in [-0.2, 0) is 6.54 Å². The fourth-order valence-corrected chi connectivity index (χ4v) is 3.58. The molecule has 29 heavy (non-hydrogen) atoms. The van der Waals surface area contributed by atoms with Crippen LogP contribution >= 0.6 is 0 Å². The van der Waals surface area contributed by atoms with E-state index in [4.69, 9.17) is 4.98 Å². The smallest absolute Gasteiger partial charge is 0.317 e. The first-order valence-corrected chi connectivity index (χ1v) is 9.99. The Bertz CT molecular complexity index is 979. The fourth-order valence-electron chi connectivity index (χ4n) is 3.58. The highest BCUT2D eigenvalue weighted by atomic mass is 19.1. The predicted molar refractivity (Wildman–Crippen MR) is 109 cm³/mol. The molecular formula is C21H25FN6O. The zero-order chi connectivity index (χ0) is 20.2. The van der Waals surface area contributed by atoms with Crippen LogP contribution in [0, 0.1) is 5.82 Å². The van der Waals surface area contributed by atoms with E-state index in [0.29, 0.717) is 26.2 Å². The summed E-state index contributed by atoms with van der Waals surface area (Å²) in [6.07, 6.45) is 2.67. The van der Waals surface area contributed by atoms with E-state index in [0.717, 1.165) is 42.2 Å². The van der Waals surface area contributed by atoms with Crippen molar-refractivity contribution >= 4 is 17.2 Å². The molecular weight excluding hydrogens is 371 g/mol. The van der Waals surface area contributed by atoms with Crippen LogP contribution in [-0.4, -0.2) is 63.1 Å². The highest BCUT2D eigenvalue weighted by molar-refractivity contribution is 5.74. The van der Waals surface area contributed by atoms with Gasteiger partial charge in [-0.05, 0) is 42.8 Å². The number of nitrogens with one attached hydrogen (secondary N) is 1. The fraction of sp³-hybridized carbons (Fsp3) is 0.381. The first-order valence-electron chi connectivity index (χ1n) is 9.99. The predicted octanol–water partition coefficient (Wildman–Crippen LogP) is 2.80. The molecule has 0 unspecified atom stereocenters. The van der Waals surface area contributed by atoms with Crippen molar-refractivity contribution in [2.45, 2.75) is 19.9 Å². The van der Waals surface area contributed by atoms with Gasteiger partial charge < -0.3 is 10.2 Å². The minimum atomic E-state index is -0.273. The Balaban J connectivity index is 1.52. The molecule has 0 spiro atoms. The number of benzene rings is 1. The molecule has 0 saturated carbocycles. The Labute approximate surface area is 169 Å². The minimum absolute atomic E-state index is 0.00857. The molecule has 1 N–H and O–H groups in total. The van der Waals surface area contributed by atoms with Crippen LogP contribution in [0.15, 0.2) is 42.6 Å². The Morgan fingerprint density at radius 2 is 1.90 bits per heavy atom. The number of fused-ring (bicyclic) bond motifs is 1. The minimum Gasteiger partial charge on any atom is -0.338 e. The molecule has 1 aromatic carbocycles. The average Bonchev–Trinajstić information content (AvgIpc) is 3.11. The van der Waals surface area contributed by atoms with Crippen LogP contribution in [0.25, 0.3) is 16.9 Å². The standard InChI is InChI=1S/C21H25FN6O/c1-2-9-24-21(29)27-13-11-26(12-14-27)15-19-25-18-4-3-10-23-20(18)28(19)17-7-5-16(22)6-8-17/h3-8,10H,2,9,11-15H2,1H3,(H,24,29). The van der Waals surface area contributed by atoms with Crippen LogP contribution in [0.2, 0.25) is 0 Å². The molecule has 0 atom stereocenters. The highest BCUT2D eigenvalue weighted by Gasteiger charge is 2.23. The van der Waals surface area contributed by atoms with Crippen LogP contribution in [0.5, 0.6) is 0 Å². The summed E-state index contributed by atoms with van der Waals surface area (Å²) < 4.78 is 15.4. The number of carbonyl (C=O) groups excluding carboxylic acids is 1. The van der Waals surface area contributed by atoms with Gasteiger partial charge in [-0.15, -0.1) is 0 Å². The monoisotopic (exact) mass is 396 g/mol. The number of pyridine rings is 1. The molecule has 8 heteroatoms. The van der Waals surface area contributed by atoms with Gasteiger partial charge in [0.05, 0.1) is 6.54 Å². The van der Waals surface area contributed by atoms with Gasteiger partial charge in [-0.3, -0.25) is 9.47 Å². The van der Waals surface area contributed by atoms with Crippen molar-refractivity contribution in [2.75, 3.05) is 32.7 Å². The average molecular weight is 396 g/mol. The zero-order valence-corrected chi connectivity index (χ0v) is 16.5. The van der Waals surface area contributed by atoms with Gasteiger partial charge >= 0.3 is 6.03 Å². The normalized spacial score (nSPS) is 15.0. The maximum Gasteiger partial charge on any atom is 0.317 e. The Hall–Kier alpha value is -3.00. The molecule has 4 rings (SSSR count). The first kappa shape index (κ1) is 19.3. The van der Waals surface area contributed by atoms with Crippen LogP contribution in [0.3, 0.4) is 0 Å². The van der Waals surface area contributed by atoms with Crippen molar-refractivity contribution in [3.63, 3.8) is 0 Å². The van der Waals surface area contributed by atoms with E-state index in [1.807, 2.05) is 28.5 Å². The molecule has 7 nitrogen and oxygen atoms in total. The van der Waals surface area contributed by atoms with Gasteiger partial charge in [0.2, 0.25) is 0 Å². The van der Waals surface area contributed by atoms with Crippen LogP contribution < -0.4 is 5.32 Å². The molecule has 3 aromatic rings. The second-order valence-corrected chi connectivity index (χ2v) is 7.18. The lowest BCUT2D eigenvalue weighted by atomic mass is 10.3. The number of urea groups is 1. The van der Waals surface area contributed by atoms with Crippen molar-refractivity contribution in [1.82, 2.24) is 29.7 Å². The number of aromatic nitrogens is 3. The topological polar surface area (TPSA) is 66.3 Å². The lowest BCUT2D eigenvalue weighted by Crippen LogP contribution is -2.51. The summed E-state index contributed by atoms with van der Waals surface area (Å²) >= 11 is 0. The van der Waals surface area contributed by atoms with E-state index in [9.17, 15) is 9.18 Å². The number of imidazole rings is 1. The van der Waals surface area contributed by atoms with Crippen molar-refractivity contribution in [3.05, 3.63) is 54.2 Å². The Morgan fingerprint density at radius 3 is 2.62 bits per heavy atom. The number of hydrogen-bond acceptors (Lipinski definition) is 4. The van der Waals surface area contributed by atoms with Gasteiger partial charge in [0.15, 0.2) is 5.65 Å². The van der Waals surface area contributed by atoms with E-state index >= 15 is 0 Å². The van der Waals surface area contributed by atoms with Crippen molar-refractivity contribution in [2.24, 2.45) is 0 Å². The molecule has 0 bridgehead atoms. The van der Waals surface area contributed by atoms with Crippen molar-refractivity contribution in [1.29, 1.82) is 0 Å². The van der Waals surface area contributed by atoms with Crippen molar-refractivity contribution in [3.8, 4) is 5.69 Å². The van der Waals surface area contributed by atoms with Crippen LogP contribution in [0.1, 0.15) is 19.2 Å². The molecule has 0 aliphatic carbocycles. The third kappa shape index (κ3) is 4.22.